The minimum Gasteiger partial charge on any atom is -0.495 e. The Labute approximate surface area is 145 Å². The van der Waals surface area contributed by atoms with E-state index in [1.165, 1.54) is 0 Å². The fourth-order valence-corrected chi connectivity index (χ4v) is 2.95. The highest BCUT2D eigenvalue weighted by molar-refractivity contribution is 7.98. The van der Waals surface area contributed by atoms with E-state index in [1.54, 1.807) is 25.2 Å². The van der Waals surface area contributed by atoms with Crippen LogP contribution in [0, 0.1) is 0 Å². The third kappa shape index (κ3) is 3.54. The molecule has 0 spiro atoms. The predicted molar refractivity (Wildman–Crippen MR) is 97.8 cm³/mol. The van der Waals surface area contributed by atoms with Crippen LogP contribution < -0.4 is 10.1 Å². The third-order valence-corrected chi connectivity index (χ3v) is 4.52. The maximum Gasteiger partial charge on any atom is 0.226 e. The first-order chi connectivity index (χ1) is 11.7. The standard InChI is InChI=1S/C18H19N3O2S/c1-23-17-11-13(24-2)7-8-15(17)20-18(22)9-10-21-12-19-14-5-3-4-6-16(14)21/h3-8,11-12H,9-10H2,1-2H3,(H,20,22). The summed E-state index contributed by atoms with van der Waals surface area (Å²) < 4.78 is 7.34. The zero-order chi connectivity index (χ0) is 16.9. The number of methoxy groups -OCH3 is 1. The molecule has 0 unspecified atom stereocenters. The molecule has 3 aromatic rings. The van der Waals surface area contributed by atoms with Crippen LogP contribution in [0.4, 0.5) is 5.69 Å². The number of benzene rings is 2. The van der Waals surface area contributed by atoms with Gasteiger partial charge in [-0.25, -0.2) is 4.98 Å². The number of imidazole rings is 1. The van der Waals surface area contributed by atoms with Gasteiger partial charge in [0.15, 0.2) is 0 Å². The monoisotopic (exact) mass is 341 g/mol. The van der Waals surface area contributed by atoms with Gasteiger partial charge >= 0.3 is 0 Å². The summed E-state index contributed by atoms with van der Waals surface area (Å²) in [4.78, 5) is 17.7. The number of aromatic nitrogens is 2. The molecule has 1 amide bonds. The number of amides is 1. The molecule has 0 saturated heterocycles. The van der Waals surface area contributed by atoms with Crippen LogP contribution in [0.25, 0.3) is 11.0 Å². The number of nitrogens with zero attached hydrogens (tertiary/aromatic N) is 2. The number of ether oxygens (including phenoxy) is 1. The Bertz CT molecular complexity index is 860. The van der Waals surface area contributed by atoms with Crippen molar-refractivity contribution in [2.45, 2.75) is 17.9 Å². The van der Waals surface area contributed by atoms with Crippen molar-refractivity contribution in [2.75, 3.05) is 18.7 Å². The normalized spacial score (nSPS) is 10.8. The lowest BCUT2D eigenvalue weighted by molar-refractivity contribution is -0.116. The highest BCUT2D eigenvalue weighted by atomic mass is 32.2. The van der Waals surface area contributed by atoms with Gasteiger partial charge in [0.2, 0.25) is 5.91 Å². The smallest absolute Gasteiger partial charge is 0.226 e. The molecule has 0 fully saturated rings. The molecule has 124 valence electrons. The van der Waals surface area contributed by atoms with Gasteiger partial charge in [0.25, 0.3) is 0 Å². The van der Waals surface area contributed by atoms with Gasteiger partial charge in [-0.2, -0.15) is 0 Å². The molecule has 0 radical (unpaired) electrons. The maximum absolute atomic E-state index is 12.3. The summed E-state index contributed by atoms with van der Waals surface area (Å²) in [6.45, 7) is 0.581. The summed E-state index contributed by atoms with van der Waals surface area (Å²) in [7, 11) is 1.60. The lowest BCUT2D eigenvalue weighted by atomic mass is 10.2. The molecular formula is C18H19N3O2S. The Morgan fingerprint density at radius 1 is 1.29 bits per heavy atom. The average Bonchev–Trinajstić information content (AvgIpc) is 3.03. The Kier molecular flexibility index (Phi) is 5.05. The fraction of sp³-hybridized carbons (Fsp3) is 0.222. The van der Waals surface area contributed by atoms with E-state index in [9.17, 15) is 4.79 Å². The second-order valence-corrected chi connectivity index (χ2v) is 6.17. The number of carbonyl (C=O) groups excluding carboxylic acids is 1. The number of aryl methyl sites for hydroxylation is 1. The van der Waals surface area contributed by atoms with Gasteiger partial charge in [0.05, 0.1) is 30.2 Å². The first-order valence-electron chi connectivity index (χ1n) is 7.63. The van der Waals surface area contributed by atoms with Gasteiger partial charge in [-0.1, -0.05) is 12.1 Å². The Hall–Kier alpha value is -2.47. The molecule has 0 aliphatic heterocycles. The molecule has 5 nitrogen and oxygen atoms in total. The summed E-state index contributed by atoms with van der Waals surface area (Å²) in [6.07, 6.45) is 4.14. The van der Waals surface area contributed by atoms with E-state index in [2.05, 4.69) is 10.3 Å². The number of para-hydroxylation sites is 2. The lowest BCUT2D eigenvalue weighted by Crippen LogP contribution is -2.14. The predicted octanol–water partition coefficient (Wildman–Crippen LogP) is 3.80. The summed E-state index contributed by atoms with van der Waals surface area (Å²) in [5.41, 5.74) is 2.66. The van der Waals surface area contributed by atoms with Crippen LogP contribution >= 0.6 is 11.8 Å². The molecule has 0 bridgehead atoms. The van der Waals surface area contributed by atoms with Crippen molar-refractivity contribution < 1.29 is 9.53 Å². The van der Waals surface area contributed by atoms with Gasteiger partial charge in [-0.3, -0.25) is 4.79 Å². The van der Waals surface area contributed by atoms with E-state index < -0.39 is 0 Å². The number of fused-ring (bicyclic) bond motifs is 1. The molecule has 0 aliphatic rings. The van der Waals surface area contributed by atoms with Crippen molar-refractivity contribution in [3.05, 3.63) is 48.8 Å². The molecule has 1 N–H and O–H groups in total. The van der Waals surface area contributed by atoms with Gasteiger partial charge in [0.1, 0.15) is 5.75 Å². The highest BCUT2D eigenvalue weighted by Gasteiger charge is 2.09. The van der Waals surface area contributed by atoms with E-state index >= 15 is 0 Å². The van der Waals surface area contributed by atoms with E-state index in [0.717, 1.165) is 15.9 Å². The summed E-state index contributed by atoms with van der Waals surface area (Å²) >= 11 is 1.63. The molecule has 0 atom stereocenters. The lowest BCUT2D eigenvalue weighted by Gasteiger charge is -2.11. The van der Waals surface area contributed by atoms with E-state index in [4.69, 9.17) is 4.74 Å². The Morgan fingerprint density at radius 3 is 2.92 bits per heavy atom. The van der Waals surface area contributed by atoms with Crippen LogP contribution in [0.1, 0.15) is 6.42 Å². The van der Waals surface area contributed by atoms with E-state index in [1.807, 2.05) is 53.3 Å². The number of anilines is 1. The summed E-state index contributed by atoms with van der Waals surface area (Å²) in [6, 6.07) is 13.6. The SMILES string of the molecule is COc1cc(SC)ccc1NC(=O)CCn1cnc2ccccc21. The Balaban J connectivity index is 1.66. The molecule has 0 saturated carbocycles. The number of rotatable bonds is 6. The van der Waals surface area contributed by atoms with Crippen LogP contribution in [0.5, 0.6) is 5.75 Å². The Morgan fingerprint density at radius 2 is 2.12 bits per heavy atom. The molecule has 2 aromatic carbocycles. The van der Waals surface area contributed by atoms with Crippen LogP contribution in [0.2, 0.25) is 0 Å². The fourth-order valence-electron chi connectivity index (χ4n) is 2.52. The topological polar surface area (TPSA) is 56.1 Å². The van der Waals surface area contributed by atoms with Gasteiger partial charge in [-0.05, 0) is 36.6 Å². The molecule has 1 aromatic heterocycles. The maximum atomic E-state index is 12.3. The van der Waals surface area contributed by atoms with Crippen molar-refractivity contribution in [2.24, 2.45) is 0 Å². The molecule has 3 rings (SSSR count). The summed E-state index contributed by atoms with van der Waals surface area (Å²) in [5.74, 6) is 0.617. The number of thioether (sulfide) groups is 1. The zero-order valence-electron chi connectivity index (χ0n) is 13.7. The van der Waals surface area contributed by atoms with Gasteiger partial charge in [0, 0.05) is 17.9 Å². The largest absolute Gasteiger partial charge is 0.495 e. The van der Waals surface area contributed by atoms with Crippen LogP contribution in [0.3, 0.4) is 0 Å². The molecular weight excluding hydrogens is 322 g/mol. The molecule has 0 aliphatic carbocycles. The zero-order valence-corrected chi connectivity index (χ0v) is 14.5. The molecule has 1 heterocycles. The van der Waals surface area contributed by atoms with E-state index in [0.29, 0.717) is 24.4 Å². The highest BCUT2D eigenvalue weighted by Crippen LogP contribution is 2.29. The second kappa shape index (κ2) is 7.40. The van der Waals surface area contributed by atoms with Crippen LogP contribution in [-0.2, 0) is 11.3 Å². The second-order valence-electron chi connectivity index (χ2n) is 5.29. The number of hydrogen-bond acceptors (Lipinski definition) is 4. The average molecular weight is 341 g/mol. The first kappa shape index (κ1) is 16.4. The van der Waals surface area contributed by atoms with Gasteiger partial charge in [-0.15, -0.1) is 11.8 Å². The number of nitrogens with one attached hydrogen (secondary N) is 1. The number of hydrogen-bond donors (Lipinski definition) is 1. The minimum atomic E-state index is -0.0528. The first-order valence-corrected chi connectivity index (χ1v) is 8.85. The van der Waals surface area contributed by atoms with E-state index in [-0.39, 0.29) is 5.91 Å². The van der Waals surface area contributed by atoms with Crippen molar-refractivity contribution in [3.8, 4) is 5.75 Å². The quantitative estimate of drug-likeness (QED) is 0.693. The number of carbonyl (C=O) groups is 1. The minimum absolute atomic E-state index is 0.0528. The van der Waals surface area contributed by atoms with Crippen molar-refractivity contribution >= 4 is 34.4 Å². The van der Waals surface area contributed by atoms with Gasteiger partial charge < -0.3 is 14.6 Å². The van der Waals surface area contributed by atoms with Crippen molar-refractivity contribution in [3.63, 3.8) is 0 Å². The third-order valence-electron chi connectivity index (χ3n) is 3.79. The van der Waals surface area contributed by atoms with Crippen molar-refractivity contribution in [1.29, 1.82) is 0 Å². The molecule has 24 heavy (non-hydrogen) atoms. The van der Waals surface area contributed by atoms with Crippen molar-refractivity contribution in [1.82, 2.24) is 9.55 Å². The molecule has 6 heteroatoms. The summed E-state index contributed by atoms with van der Waals surface area (Å²) in [5, 5.41) is 2.92. The van der Waals surface area contributed by atoms with Crippen LogP contribution in [-0.4, -0.2) is 28.8 Å². The van der Waals surface area contributed by atoms with Crippen LogP contribution in [0.15, 0.2) is 53.7 Å².